The van der Waals surface area contributed by atoms with Crippen LogP contribution in [-0.2, 0) is 4.79 Å². The zero-order valence-electron chi connectivity index (χ0n) is 11.3. The van der Waals surface area contributed by atoms with Gasteiger partial charge in [0.1, 0.15) is 0 Å². The van der Waals surface area contributed by atoms with Crippen LogP contribution >= 0.6 is 12.4 Å². The van der Waals surface area contributed by atoms with Crippen LogP contribution in [0.5, 0.6) is 0 Å². The number of rotatable bonds is 7. The predicted octanol–water partition coefficient (Wildman–Crippen LogP) is 2.43. The molecule has 1 rings (SSSR count). The summed E-state index contributed by atoms with van der Waals surface area (Å²) in [6.45, 7) is 8.05. The second-order valence-electron chi connectivity index (χ2n) is 5.14. The summed E-state index contributed by atoms with van der Waals surface area (Å²) in [5.41, 5.74) is 6.01. The van der Waals surface area contributed by atoms with E-state index in [2.05, 4.69) is 20.8 Å². The molecular weight excluding hydrogens is 236 g/mol. The van der Waals surface area contributed by atoms with E-state index < -0.39 is 0 Å². The highest BCUT2D eigenvalue weighted by molar-refractivity contribution is 5.85. The van der Waals surface area contributed by atoms with Crippen molar-refractivity contribution in [1.82, 2.24) is 4.90 Å². The SMILES string of the molecule is CCCN(CC1CC1)C(=O)C(N)C(C)CC.Cl. The van der Waals surface area contributed by atoms with Gasteiger partial charge in [0.2, 0.25) is 5.91 Å². The fraction of sp³-hybridized carbons (Fsp3) is 0.923. The summed E-state index contributed by atoms with van der Waals surface area (Å²) in [5.74, 6) is 1.19. The van der Waals surface area contributed by atoms with E-state index in [1.54, 1.807) is 0 Å². The summed E-state index contributed by atoms with van der Waals surface area (Å²) in [6, 6.07) is -0.310. The second-order valence-corrected chi connectivity index (χ2v) is 5.14. The molecule has 0 heterocycles. The van der Waals surface area contributed by atoms with Gasteiger partial charge in [-0.15, -0.1) is 12.4 Å². The Balaban J connectivity index is 0.00000256. The molecule has 0 aromatic carbocycles. The molecule has 102 valence electrons. The first-order valence-corrected chi connectivity index (χ1v) is 6.64. The first-order chi connectivity index (χ1) is 7.60. The van der Waals surface area contributed by atoms with Crippen molar-refractivity contribution in [2.75, 3.05) is 13.1 Å². The van der Waals surface area contributed by atoms with Gasteiger partial charge in [0.05, 0.1) is 6.04 Å². The van der Waals surface area contributed by atoms with Gasteiger partial charge in [0.25, 0.3) is 0 Å². The molecule has 2 unspecified atom stereocenters. The van der Waals surface area contributed by atoms with Crippen LogP contribution in [0, 0.1) is 11.8 Å². The number of hydrogen-bond donors (Lipinski definition) is 1. The van der Waals surface area contributed by atoms with Crippen LogP contribution in [0.25, 0.3) is 0 Å². The second kappa shape index (κ2) is 7.93. The van der Waals surface area contributed by atoms with Crippen molar-refractivity contribution in [3.05, 3.63) is 0 Å². The van der Waals surface area contributed by atoms with Crippen LogP contribution in [0.15, 0.2) is 0 Å². The van der Waals surface area contributed by atoms with E-state index in [-0.39, 0.29) is 30.3 Å². The van der Waals surface area contributed by atoms with E-state index in [1.165, 1.54) is 12.8 Å². The van der Waals surface area contributed by atoms with Crippen LogP contribution in [0.1, 0.15) is 46.5 Å². The van der Waals surface area contributed by atoms with E-state index in [1.807, 2.05) is 4.90 Å². The summed E-state index contributed by atoms with van der Waals surface area (Å²) in [7, 11) is 0. The number of nitrogens with two attached hydrogens (primary N) is 1. The maximum absolute atomic E-state index is 12.2. The summed E-state index contributed by atoms with van der Waals surface area (Å²) in [6.07, 6.45) is 4.56. The Morgan fingerprint density at radius 3 is 2.41 bits per heavy atom. The molecule has 0 bridgehead atoms. The van der Waals surface area contributed by atoms with Gasteiger partial charge in [0, 0.05) is 13.1 Å². The number of hydrogen-bond acceptors (Lipinski definition) is 2. The van der Waals surface area contributed by atoms with Crippen molar-refractivity contribution in [3.8, 4) is 0 Å². The minimum atomic E-state index is -0.310. The van der Waals surface area contributed by atoms with Gasteiger partial charge in [-0.2, -0.15) is 0 Å². The minimum Gasteiger partial charge on any atom is -0.341 e. The Kier molecular flexibility index (Phi) is 7.80. The number of carbonyl (C=O) groups excluding carboxylic acids is 1. The summed E-state index contributed by atoms with van der Waals surface area (Å²) >= 11 is 0. The minimum absolute atomic E-state index is 0. The van der Waals surface area contributed by atoms with Crippen LogP contribution in [0.4, 0.5) is 0 Å². The molecule has 1 aliphatic carbocycles. The highest BCUT2D eigenvalue weighted by Crippen LogP contribution is 2.30. The number of halogens is 1. The third-order valence-corrected chi connectivity index (χ3v) is 3.52. The van der Waals surface area contributed by atoms with E-state index in [0.29, 0.717) is 0 Å². The Morgan fingerprint density at radius 2 is 2.00 bits per heavy atom. The van der Waals surface area contributed by atoms with Gasteiger partial charge in [-0.05, 0) is 31.1 Å². The molecule has 0 aliphatic heterocycles. The van der Waals surface area contributed by atoms with Crippen molar-refractivity contribution >= 4 is 18.3 Å². The molecule has 0 aromatic heterocycles. The Labute approximate surface area is 112 Å². The van der Waals surface area contributed by atoms with E-state index >= 15 is 0 Å². The Morgan fingerprint density at radius 1 is 1.41 bits per heavy atom. The normalized spacial score (nSPS) is 18.1. The molecule has 2 atom stereocenters. The number of nitrogens with zero attached hydrogens (tertiary/aromatic N) is 1. The summed E-state index contributed by atoms with van der Waals surface area (Å²) in [5, 5.41) is 0. The lowest BCUT2D eigenvalue weighted by atomic mass is 9.98. The first kappa shape index (κ1) is 16.7. The lowest BCUT2D eigenvalue weighted by molar-refractivity contribution is -0.134. The molecule has 0 radical (unpaired) electrons. The van der Waals surface area contributed by atoms with E-state index in [0.717, 1.165) is 31.8 Å². The van der Waals surface area contributed by atoms with Gasteiger partial charge in [-0.1, -0.05) is 27.2 Å². The van der Waals surface area contributed by atoms with E-state index in [4.69, 9.17) is 5.73 Å². The summed E-state index contributed by atoms with van der Waals surface area (Å²) in [4.78, 5) is 14.2. The third-order valence-electron chi connectivity index (χ3n) is 3.52. The zero-order valence-corrected chi connectivity index (χ0v) is 12.1. The van der Waals surface area contributed by atoms with Crippen molar-refractivity contribution in [2.45, 2.75) is 52.5 Å². The van der Waals surface area contributed by atoms with Gasteiger partial charge < -0.3 is 10.6 Å². The van der Waals surface area contributed by atoms with Gasteiger partial charge >= 0.3 is 0 Å². The lowest BCUT2D eigenvalue weighted by Crippen LogP contribution is -2.48. The standard InChI is InChI=1S/C13H26N2O.ClH/c1-4-8-15(9-11-6-7-11)13(16)12(14)10(3)5-2;/h10-12H,4-9,14H2,1-3H3;1H. The van der Waals surface area contributed by atoms with Gasteiger partial charge in [0.15, 0.2) is 0 Å². The Bertz CT molecular complexity index is 231. The molecule has 0 saturated heterocycles. The molecule has 2 N–H and O–H groups in total. The number of carbonyl (C=O) groups is 1. The molecule has 0 spiro atoms. The lowest BCUT2D eigenvalue weighted by Gasteiger charge is -2.27. The van der Waals surface area contributed by atoms with Crippen LogP contribution in [0.3, 0.4) is 0 Å². The van der Waals surface area contributed by atoms with Crippen molar-refractivity contribution in [3.63, 3.8) is 0 Å². The molecule has 1 amide bonds. The molecule has 17 heavy (non-hydrogen) atoms. The first-order valence-electron chi connectivity index (χ1n) is 6.64. The Hall–Kier alpha value is -0.280. The van der Waals surface area contributed by atoms with Crippen molar-refractivity contribution < 1.29 is 4.79 Å². The predicted molar refractivity (Wildman–Crippen MR) is 74.3 cm³/mol. The van der Waals surface area contributed by atoms with Crippen molar-refractivity contribution in [2.24, 2.45) is 17.6 Å². The van der Waals surface area contributed by atoms with Gasteiger partial charge in [-0.25, -0.2) is 0 Å². The summed E-state index contributed by atoms with van der Waals surface area (Å²) < 4.78 is 0. The molecular formula is C13H27ClN2O. The molecule has 1 fully saturated rings. The average Bonchev–Trinajstić information content (AvgIpc) is 3.09. The quantitative estimate of drug-likeness (QED) is 0.766. The molecule has 1 aliphatic rings. The fourth-order valence-electron chi connectivity index (χ4n) is 1.88. The largest absolute Gasteiger partial charge is 0.341 e. The highest BCUT2D eigenvalue weighted by Gasteiger charge is 2.30. The smallest absolute Gasteiger partial charge is 0.239 e. The van der Waals surface area contributed by atoms with Crippen LogP contribution < -0.4 is 5.73 Å². The number of amides is 1. The molecule has 1 saturated carbocycles. The van der Waals surface area contributed by atoms with Crippen LogP contribution in [-0.4, -0.2) is 29.9 Å². The topological polar surface area (TPSA) is 46.3 Å². The monoisotopic (exact) mass is 262 g/mol. The van der Waals surface area contributed by atoms with Crippen molar-refractivity contribution in [1.29, 1.82) is 0 Å². The maximum Gasteiger partial charge on any atom is 0.239 e. The zero-order chi connectivity index (χ0) is 12.1. The molecule has 0 aromatic rings. The van der Waals surface area contributed by atoms with Gasteiger partial charge in [-0.3, -0.25) is 4.79 Å². The highest BCUT2D eigenvalue weighted by atomic mass is 35.5. The van der Waals surface area contributed by atoms with Crippen LogP contribution in [0.2, 0.25) is 0 Å². The third kappa shape index (κ3) is 5.26. The molecule has 3 nitrogen and oxygen atoms in total. The maximum atomic E-state index is 12.2. The van der Waals surface area contributed by atoms with E-state index in [9.17, 15) is 4.79 Å². The average molecular weight is 263 g/mol. The molecule has 4 heteroatoms. The fourth-order valence-corrected chi connectivity index (χ4v) is 1.88.